The van der Waals surface area contributed by atoms with Gasteiger partial charge in [0.05, 0.1) is 0 Å². The SMILES string of the molecule is Cc1ccc(NC(=O)C2C[C@@H](C(C)(C)C)C[C@H](C(C)(C)C)C2)cc1. The number of amides is 1. The summed E-state index contributed by atoms with van der Waals surface area (Å²) in [4.78, 5) is 12.9. The highest BCUT2D eigenvalue weighted by Crippen LogP contribution is 2.48. The van der Waals surface area contributed by atoms with Gasteiger partial charge >= 0.3 is 0 Å². The van der Waals surface area contributed by atoms with Gasteiger partial charge in [-0.15, -0.1) is 0 Å². The molecule has 1 aliphatic carbocycles. The Balaban J connectivity index is 2.14. The Kier molecular flexibility index (Phi) is 5.47. The van der Waals surface area contributed by atoms with Gasteiger partial charge in [0.2, 0.25) is 5.91 Å². The molecule has 24 heavy (non-hydrogen) atoms. The highest BCUT2D eigenvalue weighted by Gasteiger charge is 2.41. The maximum Gasteiger partial charge on any atom is 0.227 e. The fraction of sp³-hybridized carbons (Fsp3) is 0.682. The number of carbonyl (C=O) groups excluding carboxylic acids is 1. The van der Waals surface area contributed by atoms with Crippen molar-refractivity contribution < 1.29 is 4.79 Å². The number of carbonyl (C=O) groups is 1. The van der Waals surface area contributed by atoms with E-state index in [4.69, 9.17) is 0 Å². The topological polar surface area (TPSA) is 29.1 Å². The van der Waals surface area contributed by atoms with Crippen LogP contribution in [0.4, 0.5) is 5.69 Å². The summed E-state index contributed by atoms with van der Waals surface area (Å²) < 4.78 is 0. The zero-order chi connectivity index (χ0) is 18.1. The lowest BCUT2D eigenvalue weighted by molar-refractivity contribution is -0.123. The minimum absolute atomic E-state index is 0.119. The van der Waals surface area contributed by atoms with Crippen LogP contribution in [0.1, 0.15) is 66.4 Å². The molecule has 0 saturated heterocycles. The highest BCUT2D eigenvalue weighted by molar-refractivity contribution is 5.92. The van der Waals surface area contributed by atoms with Crippen molar-refractivity contribution >= 4 is 11.6 Å². The molecule has 0 aliphatic heterocycles. The van der Waals surface area contributed by atoms with Gasteiger partial charge in [0.25, 0.3) is 0 Å². The third-order valence-corrected chi connectivity index (χ3v) is 5.85. The molecule has 2 heteroatoms. The summed E-state index contributed by atoms with van der Waals surface area (Å²) in [7, 11) is 0. The van der Waals surface area contributed by atoms with Crippen molar-refractivity contribution in [2.24, 2.45) is 28.6 Å². The molecule has 0 heterocycles. The average molecular weight is 330 g/mol. The van der Waals surface area contributed by atoms with Crippen LogP contribution in [0.15, 0.2) is 24.3 Å². The van der Waals surface area contributed by atoms with Gasteiger partial charge in [-0.05, 0) is 61.0 Å². The summed E-state index contributed by atoms with van der Waals surface area (Å²) in [5.41, 5.74) is 2.64. The number of hydrogen-bond acceptors (Lipinski definition) is 1. The Bertz CT molecular complexity index is 537. The second kappa shape index (κ2) is 6.90. The number of benzene rings is 1. The number of hydrogen-bond donors (Lipinski definition) is 1. The lowest BCUT2D eigenvalue weighted by Gasteiger charge is -2.45. The maximum atomic E-state index is 12.9. The molecular weight excluding hydrogens is 294 g/mol. The molecule has 2 rings (SSSR count). The summed E-state index contributed by atoms with van der Waals surface area (Å²) in [6.45, 7) is 16.0. The second-order valence-electron chi connectivity index (χ2n) is 9.89. The largest absolute Gasteiger partial charge is 0.326 e. The van der Waals surface area contributed by atoms with Crippen LogP contribution in [-0.4, -0.2) is 5.91 Å². The normalized spacial score (nSPS) is 25.4. The molecule has 1 aromatic carbocycles. The molecule has 1 amide bonds. The van der Waals surface area contributed by atoms with E-state index in [1.54, 1.807) is 0 Å². The summed E-state index contributed by atoms with van der Waals surface area (Å²) in [5.74, 6) is 1.52. The van der Waals surface area contributed by atoms with Gasteiger partial charge in [0.15, 0.2) is 0 Å². The van der Waals surface area contributed by atoms with E-state index in [9.17, 15) is 4.79 Å². The van der Waals surface area contributed by atoms with Gasteiger partial charge in [-0.3, -0.25) is 4.79 Å². The summed E-state index contributed by atoms with van der Waals surface area (Å²) >= 11 is 0. The quantitative estimate of drug-likeness (QED) is 0.702. The predicted molar refractivity (Wildman–Crippen MR) is 103 cm³/mol. The number of nitrogens with one attached hydrogen (secondary N) is 1. The molecule has 0 aromatic heterocycles. The van der Waals surface area contributed by atoms with Crippen molar-refractivity contribution in [1.29, 1.82) is 0 Å². The Hall–Kier alpha value is -1.31. The number of aryl methyl sites for hydroxylation is 1. The van der Waals surface area contributed by atoms with E-state index in [-0.39, 0.29) is 22.7 Å². The van der Waals surface area contributed by atoms with E-state index >= 15 is 0 Å². The molecule has 1 aliphatic rings. The zero-order valence-electron chi connectivity index (χ0n) is 16.6. The first-order valence-corrected chi connectivity index (χ1v) is 9.34. The van der Waals surface area contributed by atoms with Gasteiger partial charge in [-0.25, -0.2) is 0 Å². The van der Waals surface area contributed by atoms with E-state index in [0.717, 1.165) is 18.5 Å². The standard InChI is InChI=1S/C22H35NO/c1-15-8-10-19(11-9-15)23-20(24)16-12-17(21(2,3)4)14-18(13-16)22(5,6)7/h8-11,16-18H,12-14H2,1-7H3,(H,23,24)/t17-,18-/m1/s1. The van der Waals surface area contributed by atoms with Crippen molar-refractivity contribution in [2.75, 3.05) is 5.32 Å². The molecule has 1 aromatic rings. The van der Waals surface area contributed by atoms with E-state index in [2.05, 4.69) is 53.8 Å². The average Bonchev–Trinajstić information content (AvgIpc) is 2.47. The van der Waals surface area contributed by atoms with Crippen LogP contribution >= 0.6 is 0 Å². The molecule has 0 radical (unpaired) electrons. The lowest BCUT2D eigenvalue weighted by Crippen LogP contribution is -2.40. The molecule has 1 saturated carbocycles. The molecule has 0 spiro atoms. The fourth-order valence-electron chi connectivity index (χ4n) is 3.83. The molecule has 134 valence electrons. The van der Waals surface area contributed by atoms with Crippen LogP contribution < -0.4 is 5.32 Å². The molecule has 2 atom stereocenters. The summed E-state index contributed by atoms with van der Waals surface area (Å²) in [5, 5.41) is 3.14. The van der Waals surface area contributed by atoms with Crippen molar-refractivity contribution in [2.45, 2.75) is 67.7 Å². The third-order valence-electron chi connectivity index (χ3n) is 5.85. The van der Waals surface area contributed by atoms with Gasteiger partial charge < -0.3 is 5.32 Å². The van der Waals surface area contributed by atoms with Crippen molar-refractivity contribution in [3.63, 3.8) is 0 Å². The first-order chi connectivity index (χ1) is 11.0. The Labute approximate surface area is 148 Å². The zero-order valence-corrected chi connectivity index (χ0v) is 16.6. The second-order valence-corrected chi connectivity index (χ2v) is 9.89. The van der Waals surface area contributed by atoms with Crippen molar-refractivity contribution in [3.05, 3.63) is 29.8 Å². The molecular formula is C22H35NO. The number of rotatable bonds is 2. The van der Waals surface area contributed by atoms with Gasteiger partial charge in [0.1, 0.15) is 0 Å². The van der Waals surface area contributed by atoms with E-state index < -0.39 is 0 Å². The van der Waals surface area contributed by atoms with E-state index in [0.29, 0.717) is 11.8 Å². The Morgan fingerprint density at radius 3 is 1.75 bits per heavy atom. The predicted octanol–water partition coefficient (Wildman–Crippen LogP) is 6.06. The molecule has 2 nitrogen and oxygen atoms in total. The van der Waals surface area contributed by atoms with E-state index in [1.807, 2.05) is 24.3 Å². The maximum absolute atomic E-state index is 12.9. The minimum Gasteiger partial charge on any atom is -0.326 e. The van der Waals surface area contributed by atoms with Crippen molar-refractivity contribution in [1.82, 2.24) is 0 Å². The highest BCUT2D eigenvalue weighted by atomic mass is 16.1. The fourth-order valence-corrected chi connectivity index (χ4v) is 3.83. The number of anilines is 1. The van der Waals surface area contributed by atoms with Gasteiger partial charge in [-0.2, -0.15) is 0 Å². The van der Waals surface area contributed by atoms with Crippen LogP contribution in [0, 0.1) is 35.5 Å². The van der Waals surface area contributed by atoms with Crippen LogP contribution in [0.3, 0.4) is 0 Å². The summed E-state index contributed by atoms with van der Waals surface area (Å²) in [6.07, 6.45) is 3.25. The molecule has 0 unspecified atom stereocenters. The van der Waals surface area contributed by atoms with Crippen LogP contribution in [0.5, 0.6) is 0 Å². The first-order valence-electron chi connectivity index (χ1n) is 9.34. The molecule has 1 fully saturated rings. The minimum atomic E-state index is 0.119. The Morgan fingerprint density at radius 1 is 0.875 bits per heavy atom. The van der Waals surface area contributed by atoms with E-state index in [1.165, 1.54) is 12.0 Å². The van der Waals surface area contributed by atoms with Gasteiger partial charge in [0, 0.05) is 11.6 Å². The lowest BCUT2D eigenvalue weighted by atomic mass is 9.60. The Morgan fingerprint density at radius 2 is 1.33 bits per heavy atom. The molecule has 0 bridgehead atoms. The smallest absolute Gasteiger partial charge is 0.227 e. The first kappa shape index (κ1) is 19.0. The van der Waals surface area contributed by atoms with Crippen LogP contribution in [0.25, 0.3) is 0 Å². The van der Waals surface area contributed by atoms with Crippen molar-refractivity contribution in [3.8, 4) is 0 Å². The van der Waals surface area contributed by atoms with Crippen LogP contribution in [-0.2, 0) is 4.79 Å². The summed E-state index contributed by atoms with van der Waals surface area (Å²) in [6, 6.07) is 8.09. The third kappa shape index (κ3) is 4.84. The van der Waals surface area contributed by atoms with Gasteiger partial charge in [-0.1, -0.05) is 59.2 Å². The monoisotopic (exact) mass is 329 g/mol. The van der Waals surface area contributed by atoms with Crippen LogP contribution in [0.2, 0.25) is 0 Å². The molecule has 1 N–H and O–H groups in total.